The first kappa shape index (κ1) is 14.0. The lowest BCUT2D eigenvalue weighted by atomic mass is 10.1. The zero-order chi connectivity index (χ0) is 13.7. The maximum Gasteiger partial charge on any atom is 0.325 e. The molecule has 1 rings (SSSR count). The highest BCUT2D eigenvalue weighted by Gasteiger charge is 2.14. The highest BCUT2D eigenvalue weighted by atomic mass is 16.5. The number of hydrogen-bond acceptors (Lipinski definition) is 3. The van der Waals surface area contributed by atoms with Crippen molar-refractivity contribution in [1.82, 2.24) is 5.32 Å². The van der Waals surface area contributed by atoms with Gasteiger partial charge in [0.25, 0.3) is 5.91 Å². The molecule has 0 bridgehead atoms. The first-order valence-corrected chi connectivity index (χ1v) is 5.62. The number of carbonyl (C=O) groups excluding carboxylic acids is 1. The summed E-state index contributed by atoms with van der Waals surface area (Å²) in [5.74, 6) is -0.936. The summed E-state index contributed by atoms with van der Waals surface area (Å²) in [5, 5.41) is 10.9. The molecule has 98 valence electrons. The second kappa shape index (κ2) is 6.05. The van der Waals surface area contributed by atoms with Crippen LogP contribution in [0.3, 0.4) is 0 Å². The molecule has 18 heavy (non-hydrogen) atoms. The van der Waals surface area contributed by atoms with Gasteiger partial charge in [0.15, 0.2) is 6.61 Å². The minimum atomic E-state index is -1.07. The molecule has 1 atom stereocenters. The third kappa shape index (κ3) is 4.08. The standard InChI is InChI=1S/C13H17NO4/c1-8-4-5-11(6-9(8)2)18-7-12(15)14-10(3)13(16)17/h4-6,10H,7H2,1-3H3,(H,14,15)(H,16,17)/t10-/m1/s1. The van der Waals surface area contributed by atoms with Crippen LogP contribution in [0, 0.1) is 13.8 Å². The van der Waals surface area contributed by atoms with Crippen molar-refractivity contribution < 1.29 is 19.4 Å². The highest BCUT2D eigenvalue weighted by Crippen LogP contribution is 2.16. The van der Waals surface area contributed by atoms with E-state index in [0.717, 1.165) is 11.1 Å². The number of benzene rings is 1. The van der Waals surface area contributed by atoms with E-state index in [0.29, 0.717) is 5.75 Å². The van der Waals surface area contributed by atoms with E-state index < -0.39 is 17.9 Å². The Morgan fingerprint density at radius 3 is 2.56 bits per heavy atom. The summed E-state index contributed by atoms with van der Waals surface area (Å²) in [5.41, 5.74) is 2.22. The van der Waals surface area contributed by atoms with Gasteiger partial charge in [0, 0.05) is 0 Å². The van der Waals surface area contributed by atoms with Gasteiger partial charge in [-0.05, 0) is 44.0 Å². The van der Waals surface area contributed by atoms with Gasteiger partial charge in [-0.1, -0.05) is 6.07 Å². The fourth-order valence-corrected chi connectivity index (χ4v) is 1.30. The van der Waals surface area contributed by atoms with Crippen LogP contribution in [0.1, 0.15) is 18.1 Å². The molecule has 0 heterocycles. The fourth-order valence-electron chi connectivity index (χ4n) is 1.30. The molecule has 0 aliphatic heterocycles. The highest BCUT2D eigenvalue weighted by molar-refractivity contribution is 5.84. The van der Waals surface area contributed by atoms with Crippen molar-refractivity contribution in [2.75, 3.05) is 6.61 Å². The van der Waals surface area contributed by atoms with Crippen LogP contribution in [-0.4, -0.2) is 29.6 Å². The summed E-state index contributed by atoms with van der Waals surface area (Å²) in [6, 6.07) is 4.60. The largest absolute Gasteiger partial charge is 0.484 e. The van der Waals surface area contributed by atoms with Crippen LogP contribution in [0.15, 0.2) is 18.2 Å². The van der Waals surface area contributed by atoms with Crippen molar-refractivity contribution in [3.63, 3.8) is 0 Å². The van der Waals surface area contributed by atoms with E-state index >= 15 is 0 Å². The van der Waals surface area contributed by atoms with Gasteiger partial charge in [-0.3, -0.25) is 9.59 Å². The van der Waals surface area contributed by atoms with Crippen LogP contribution >= 0.6 is 0 Å². The smallest absolute Gasteiger partial charge is 0.325 e. The number of ether oxygens (including phenoxy) is 1. The molecule has 1 amide bonds. The molecular formula is C13H17NO4. The van der Waals surface area contributed by atoms with Gasteiger partial charge in [0.05, 0.1) is 0 Å². The maximum absolute atomic E-state index is 11.4. The molecule has 1 aromatic carbocycles. The van der Waals surface area contributed by atoms with Gasteiger partial charge < -0.3 is 15.2 Å². The molecule has 0 radical (unpaired) electrons. The van der Waals surface area contributed by atoms with Crippen molar-refractivity contribution >= 4 is 11.9 Å². The maximum atomic E-state index is 11.4. The topological polar surface area (TPSA) is 75.6 Å². The monoisotopic (exact) mass is 251 g/mol. The quantitative estimate of drug-likeness (QED) is 0.826. The number of carboxylic acid groups (broad SMARTS) is 1. The molecule has 0 aliphatic carbocycles. The molecule has 5 nitrogen and oxygen atoms in total. The van der Waals surface area contributed by atoms with Gasteiger partial charge in [-0.15, -0.1) is 0 Å². The molecule has 5 heteroatoms. The molecular weight excluding hydrogens is 234 g/mol. The third-order valence-corrected chi connectivity index (χ3v) is 2.60. The predicted octanol–water partition coefficient (Wildman–Crippen LogP) is 1.27. The van der Waals surface area contributed by atoms with E-state index in [1.807, 2.05) is 26.0 Å². The number of carboxylic acids is 1. The number of amides is 1. The normalized spacial score (nSPS) is 11.7. The number of aliphatic carboxylic acids is 1. The van der Waals surface area contributed by atoms with Crippen LogP contribution in [0.4, 0.5) is 0 Å². The van der Waals surface area contributed by atoms with Crippen LogP contribution < -0.4 is 10.1 Å². The van der Waals surface area contributed by atoms with Gasteiger partial charge in [0.1, 0.15) is 11.8 Å². The van der Waals surface area contributed by atoms with Crippen molar-refractivity contribution in [2.45, 2.75) is 26.8 Å². The average molecular weight is 251 g/mol. The van der Waals surface area contributed by atoms with E-state index in [1.165, 1.54) is 6.92 Å². The molecule has 0 aromatic heterocycles. The molecule has 1 aromatic rings. The first-order valence-electron chi connectivity index (χ1n) is 5.62. The summed E-state index contributed by atoms with van der Waals surface area (Å²) in [4.78, 5) is 21.9. The van der Waals surface area contributed by atoms with E-state index in [-0.39, 0.29) is 6.61 Å². The van der Waals surface area contributed by atoms with Gasteiger partial charge in [0.2, 0.25) is 0 Å². The zero-order valence-electron chi connectivity index (χ0n) is 10.7. The first-order chi connectivity index (χ1) is 8.40. The number of hydrogen-bond donors (Lipinski definition) is 2. The summed E-state index contributed by atoms with van der Waals surface area (Å²) in [7, 11) is 0. The van der Waals surface area contributed by atoms with Gasteiger partial charge in [-0.2, -0.15) is 0 Å². The van der Waals surface area contributed by atoms with E-state index in [1.54, 1.807) is 6.07 Å². The number of carbonyl (C=O) groups is 2. The van der Waals surface area contributed by atoms with Crippen molar-refractivity contribution in [2.24, 2.45) is 0 Å². The molecule has 0 unspecified atom stereocenters. The van der Waals surface area contributed by atoms with E-state index in [4.69, 9.17) is 9.84 Å². The predicted molar refractivity (Wildman–Crippen MR) is 66.7 cm³/mol. The lowest BCUT2D eigenvalue weighted by Crippen LogP contribution is -2.40. The summed E-state index contributed by atoms with van der Waals surface area (Å²) in [6.07, 6.45) is 0. The van der Waals surface area contributed by atoms with Crippen molar-refractivity contribution in [3.05, 3.63) is 29.3 Å². The lowest BCUT2D eigenvalue weighted by Gasteiger charge is -2.11. The Labute approximate surface area is 106 Å². The summed E-state index contributed by atoms with van der Waals surface area (Å²) in [6.45, 7) is 5.14. The second-order valence-electron chi connectivity index (χ2n) is 4.16. The third-order valence-electron chi connectivity index (χ3n) is 2.60. The van der Waals surface area contributed by atoms with Crippen LogP contribution in [-0.2, 0) is 9.59 Å². The minimum absolute atomic E-state index is 0.194. The van der Waals surface area contributed by atoms with Crippen LogP contribution in [0.2, 0.25) is 0 Å². The summed E-state index contributed by atoms with van der Waals surface area (Å²) >= 11 is 0. The van der Waals surface area contributed by atoms with Gasteiger partial charge >= 0.3 is 5.97 Å². The Morgan fingerprint density at radius 1 is 1.33 bits per heavy atom. The number of aryl methyl sites for hydroxylation is 2. The van der Waals surface area contributed by atoms with Crippen molar-refractivity contribution in [3.8, 4) is 5.75 Å². The Balaban J connectivity index is 2.47. The Morgan fingerprint density at radius 2 is 2.00 bits per heavy atom. The van der Waals surface area contributed by atoms with E-state index in [2.05, 4.69) is 5.32 Å². The average Bonchev–Trinajstić information content (AvgIpc) is 2.30. The molecule has 0 saturated carbocycles. The Kier molecular flexibility index (Phi) is 4.71. The van der Waals surface area contributed by atoms with Crippen LogP contribution in [0.25, 0.3) is 0 Å². The second-order valence-corrected chi connectivity index (χ2v) is 4.16. The minimum Gasteiger partial charge on any atom is -0.484 e. The van der Waals surface area contributed by atoms with Crippen LogP contribution in [0.5, 0.6) is 5.75 Å². The molecule has 0 spiro atoms. The number of nitrogens with one attached hydrogen (secondary N) is 1. The zero-order valence-corrected chi connectivity index (χ0v) is 10.7. The SMILES string of the molecule is Cc1ccc(OCC(=O)N[C@H](C)C(=O)O)cc1C. The molecule has 0 fully saturated rings. The Bertz CT molecular complexity index is 456. The van der Waals surface area contributed by atoms with Gasteiger partial charge in [-0.25, -0.2) is 0 Å². The van der Waals surface area contributed by atoms with Crippen molar-refractivity contribution in [1.29, 1.82) is 0 Å². The molecule has 0 saturated heterocycles. The fraction of sp³-hybridized carbons (Fsp3) is 0.385. The van der Waals surface area contributed by atoms with E-state index in [9.17, 15) is 9.59 Å². The Hall–Kier alpha value is -2.04. The lowest BCUT2D eigenvalue weighted by molar-refractivity contribution is -0.141. The molecule has 2 N–H and O–H groups in total. The molecule has 0 aliphatic rings. The number of rotatable bonds is 5. The summed E-state index contributed by atoms with van der Waals surface area (Å²) < 4.78 is 5.28.